The number of benzene rings is 1. The highest BCUT2D eigenvalue weighted by molar-refractivity contribution is 6.07. The SMILES string of the molecule is C[C@@]1(C(=O)NC(=O)c2ccc(-c3ccc(OCC4CCN(CC(F)(F)C(F)(F)F)CC4)cn3)c(F)c2)CCCN1. The van der Waals surface area contributed by atoms with Crippen LogP contribution in [0, 0.1) is 11.7 Å². The average Bonchev–Trinajstić information content (AvgIpc) is 3.35. The molecule has 1 aromatic carbocycles. The topological polar surface area (TPSA) is 83.6 Å². The molecule has 2 fully saturated rings. The zero-order valence-electron chi connectivity index (χ0n) is 21.8. The first-order chi connectivity index (χ1) is 18.8. The molecule has 2 aliphatic rings. The van der Waals surface area contributed by atoms with E-state index in [1.807, 2.05) is 0 Å². The smallest absolute Gasteiger partial charge is 0.454 e. The molecule has 0 saturated carbocycles. The van der Waals surface area contributed by atoms with Crippen molar-refractivity contribution in [2.75, 3.05) is 32.8 Å². The van der Waals surface area contributed by atoms with Crippen molar-refractivity contribution >= 4 is 11.8 Å². The highest BCUT2D eigenvalue weighted by Gasteiger charge is 2.58. The van der Waals surface area contributed by atoms with Crippen LogP contribution in [0.15, 0.2) is 36.5 Å². The van der Waals surface area contributed by atoms with Crippen LogP contribution in [0.4, 0.5) is 26.3 Å². The molecule has 7 nitrogen and oxygen atoms in total. The fourth-order valence-corrected chi connectivity index (χ4v) is 4.79. The van der Waals surface area contributed by atoms with Crippen LogP contribution < -0.4 is 15.4 Å². The second-order valence-electron chi connectivity index (χ2n) is 10.5. The number of ether oxygens (including phenoxy) is 1. The number of carbonyl (C=O) groups is 2. The summed E-state index contributed by atoms with van der Waals surface area (Å²) in [5.74, 6) is -6.26. The van der Waals surface area contributed by atoms with Crippen LogP contribution in [-0.4, -0.2) is 72.1 Å². The number of likely N-dealkylation sites (tertiary alicyclic amines) is 1. The van der Waals surface area contributed by atoms with Crippen molar-refractivity contribution in [1.82, 2.24) is 20.5 Å². The van der Waals surface area contributed by atoms with Gasteiger partial charge in [-0.2, -0.15) is 22.0 Å². The summed E-state index contributed by atoms with van der Waals surface area (Å²) < 4.78 is 84.4. The Labute approximate surface area is 227 Å². The van der Waals surface area contributed by atoms with E-state index in [0.29, 0.717) is 31.6 Å². The fourth-order valence-electron chi connectivity index (χ4n) is 4.79. The van der Waals surface area contributed by atoms with E-state index in [-0.39, 0.29) is 42.4 Å². The number of amides is 2. The second-order valence-corrected chi connectivity index (χ2v) is 10.5. The quantitative estimate of drug-likeness (QED) is 0.356. The second kappa shape index (κ2) is 11.7. The number of pyridine rings is 1. The van der Waals surface area contributed by atoms with E-state index in [0.717, 1.165) is 17.4 Å². The minimum atomic E-state index is -5.57. The Kier molecular flexibility index (Phi) is 8.74. The normalized spacial score (nSPS) is 20.9. The Balaban J connectivity index is 1.27. The number of hydrogen-bond donors (Lipinski definition) is 2. The lowest BCUT2D eigenvalue weighted by Crippen LogP contribution is -2.52. The van der Waals surface area contributed by atoms with Crippen molar-refractivity contribution in [3.05, 3.63) is 47.9 Å². The zero-order chi connectivity index (χ0) is 29.1. The van der Waals surface area contributed by atoms with Crippen LogP contribution in [0.1, 0.15) is 43.0 Å². The number of hydrogen-bond acceptors (Lipinski definition) is 6. The summed E-state index contributed by atoms with van der Waals surface area (Å²) in [4.78, 5) is 30.2. The van der Waals surface area contributed by atoms with Gasteiger partial charge in [-0.05, 0) is 88.5 Å². The van der Waals surface area contributed by atoms with Crippen molar-refractivity contribution in [3.8, 4) is 17.0 Å². The fraction of sp³-hybridized carbons (Fsp3) is 0.519. The number of rotatable bonds is 8. The lowest BCUT2D eigenvalue weighted by molar-refractivity contribution is -0.287. The van der Waals surface area contributed by atoms with Crippen molar-refractivity contribution in [2.24, 2.45) is 5.92 Å². The molecular weight excluding hydrogens is 542 g/mol. The van der Waals surface area contributed by atoms with Crippen LogP contribution in [0.5, 0.6) is 5.75 Å². The van der Waals surface area contributed by atoms with Gasteiger partial charge in [0.05, 0.1) is 30.6 Å². The van der Waals surface area contributed by atoms with Gasteiger partial charge in [-0.15, -0.1) is 0 Å². The lowest BCUT2D eigenvalue weighted by Gasteiger charge is -2.34. The van der Waals surface area contributed by atoms with Gasteiger partial charge in [0, 0.05) is 11.1 Å². The highest BCUT2D eigenvalue weighted by Crippen LogP contribution is 2.36. The maximum atomic E-state index is 14.8. The molecule has 1 aromatic heterocycles. The minimum absolute atomic E-state index is 0.00989. The third-order valence-corrected chi connectivity index (χ3v) is 7.37. The Hall–Kier alpha value is -3.19. The predicted octanol–water partition coefficient (Wildman–Crippen LogP) is 4.57. The number of piperidine rings is 1. The molecule has 3 heterocycles. The van der Waals surface area contributed by atoms with Gasteiger partial charge >= 0.3 is 12.1 Å². The molecule has 0 unspecified atom stereocenters. The number of nitrogens with zero attached hydrogens (tertiary/aromatic N) is 2. The van der Waals surface area contributed by atoms with Gasteiger partial charge in [0.2, 0.25) is 5.91 Å². The van der Waals surface area contributed by atoms with Crippen LogP contribution in [0.2, 0.25) is 0 Å². The van der Waals surface area contributed by atoms with Crippen molar-refractivity contribution in [3.63, 3.8) is 0 Å². The average molecular weight is 573 g/mol. The molecule has 4 rings (SSSR count). The minimum Gasteiger partial charge on any atom is -0.492 e. The summed E-state index contributed by atoms with van der Waals surface area (Å²) in [6, 6.07) is 6.93. The summed E-state index contributed by atoms with van der Waals surface area (Å²) in [5.41, 5.74) is -0.422. The molecule has 2 N–H and O–H groups in total. The van der Waals surface area contributed by atoms with Gasteiger partial charge in [-0.3, -0.25) is 24.8 Å². The Morgan fingerprint density at radius 2 is 1.88 bits per heavy atom. The first-order valence-corrected chi connectivity index (χ1v) is 12.9. The molecule has 0 bridgehead atoms. The number of alkyl halides is 5. The van der Waals surface area contributed by atoms with E-state index < -0.39 is 41.8 Å². The number of imide groups is 1. The Bertz CT molecular complexity index is 1210. The predicted molar refractivity (Wildman–Crippen MR) is 133 cm³/mol. The molecule has 40 heavy (non-hydrogen) atoms. The van der Waals surface area contributed by atoms with Gasteiger partial charge < -0.3 is 10.1 Å². The van der Waals surface area contributed by atoms with Gasteiger partial charge in [-0.25, -0.2) is 4.39 Å². The van der Waals surface area contributed by atoms with Crippen LogP contribution in [-0.2, 0) is 4.79 Å². The summed E-state index contributed by atoms with van der Waals surface area (Å²) >= 11 is 0. The van der Waals surface area contributed by atoms with Crippen molar-refractivity contribution < 1.29 is 40.7 Å². The third-order valence-electron chi connectivity index (χ3n) is 7.37. The van der Waals surface area contributed by atoms with E-state index in [1.54, 1.807) is 13.0 Å². The van der Waals surface area contributed by atoms with E-state index in [4.69, 9.17) is 4.74 Å². The zero-order valence-corrected chi connectivity index (χ0v) is 21.8. The van der Waals surface area contributed by atoms with Crippen LogP contribution in [0.25, 0.3) is 11.3 Å². The Morgan fingerprint density at radius 1 is 1.15 bits per heavy atom. The summed E-state index contributed by atoms with van der Waals surface area (Å²) in [6.45, 7) is 1.47. The van der Waals surface area contributed by atoms with Crippen LogP contribution >= 0.6 is 0 Å². The maximum Gasteiger partial charge on any atom is 0.454 e. The highest BCUT2D eigenvalue weighted by atomic mass is 19.4. The number of halogens is 6. The number of carbonyl (C=O) groups excluding carboxylic acids is 2. The molecule has 2 amide bonds. The van der Waals surface area contributed by atoms with Gasteiger partial charge in [-0.1, -0.05) is 0 Å². The molecule has 0 radical (unpaired) electrons. The third kappa shape index (κ3) is 6.92. The largest absolute Gasteiger partial charge is 0.492 e. The first-order valence-electron chi connectivity index (χ1n) is 12.9. The molecule has 0 aliphatic carbocycles. The van der Waals surface area contributed by atoms with E-state index in [1.165, 1.54) is 24.4 Å². The maximum absolute atomic E-state index is 14.8. The van der Waals surface area contributed by atoms with E-state index >= 15 is 0 Å². The van der Waals surface area contributed by atoms with Crippen molar-refractivity contribution in [1.29, 1.82) is 0 Å². The molecular formula is C27H30F6N4O3. The Morgan fingerprint density at radius 3 is 2.45 bits per heavy atom. The summed E-state index contributed by atoms with van der Waals surface area (Å²) in [5, 5.41) is 5.37. The standard InChI is InChI=1S/C27H30F6N4O3/c1-25(9-2-10-35-25)24(39)36-23(38)18-3-5-20(21(28)13-18)22-6-4-19(14-34-22)40-15-17-7-11-37(12-8-17)16-26(29,30)27(31,32)33/h3-6,13-14,17,35H,2,7-12,15-16H2,1H3,(H,36,38,39)/t25-/m0/s1. The molecule has 2 aromatic rings. The molecule has 2 saturated heterocycles. The molecule has 218 valence electrons. The first kappa shape index (κ1) is 29.8. The summed E-state index contributed by atoms with van der Waals surface area (Å²) in [7, 11) is 0. The lowest BCUT2D eigenvalue weighted by atomic mass is 9.97. The van der Waals surface area contributed by atoms with Gasteiger partial charge in [0.25, 0.3) is 5.91 Å². The molecule has 2 aliphatic heterocycles. The summed E-state index contributed by atoms with van der Waals surface area (Å²) in [6.07, 6.45) is -1.95. The van der Waals surface area contributed by atoms with Crippen LogP contribution in [0.3, 0.4) is 0 Å². The van der Waals surface area contributed by atoms with Gasteiger partial charge in [0.15, 0.2) is 0 Å². The van der Waals surface area contributed by atoms with Gasteiger partial charge in [0.1, 0.15) is 11.6 Å². The van der Waals surface area contributed by atoms with E-state index in [9.17, 15) is 35.9 Å². The number of nitrogens with one attached hydrogen (secondary N) is 2. The molecule has 1 atom stereocenters. The molecule has 0 spiro atoms. The van der Waals surface area contributed by atoms with Crippen molar-refractivity contribution in [2.45, 2.75) is 50.2 Å². The monoisotopic (exact) mass is 572 g/mol. The van der Waals surface area contributed by atoms with E-state index in [2.05, 4.69) is 15.6 Å². The number of aromatic nitrogens is 1. The molecule has 13 heteroatoms.